The topological polar surface area (TPSA) is 29.5 Å². The lowest BCUT2D eigenvalue weighted by Gasteiger charge is -2.39. The van der Waals surface area contributed by atoms with Gasteiger partial charge in [0, 0.05) is 29.4 Å². The highest BCUT2D eigenvalue weighted by Crippen LogP contribution is 2.40. The van der Waals surface area contributed by atoms with E-state index in [0.29, 0.717) is 28.5 Å². The molecule has 0 aromatic heterocycles. The number of nitrogens with zero attached hydrogens (tertiary/aromatic N) is 1. The van der Waals surface area contributed by atoms with Crippen LogP contribution in [0, 0.1) is 0 Å². The van der Waals surface area contributed by atoms with Crippen LogP contribution in [0.25, 0.3) is 0 Å². The van der Waals surface area contributed by atoms with Crippen molar-refractivity contribution in [2.75, 3.05) is 20.6 Å². The van der Waals surface area contributed by atoms with E-state index in [2.05, 4.69) is 4.90 Å². The van der Waals surface area contributed by atoms with Gasteiger partial charge in [-0.1, -0.05) is 35.3 Å². The van der Waals surface area contributed by atoms with Crippen LogP contribution in [-0.4, -0.2) is 31.5 Å². The van der Waals surface area contributed by atoms with E-state index in [-0.39, 0.29) is 18.4 Å². The van der Waals surface area contributed by atoms with Crippen molar-refractivity contribution < 1.29 is 9.53 Å². The number of fused-ring (bicyclic) bond motifs is 1. The van der Waals surface area contributed by atoms with E-state index in [1.807, 2.05) is 44.4 Å². The molecule has 3 rings (SSSR count). The van der Waals surface area contributed by atoms with Crippen molar-refractivity contribution in [1.29, 1.82) is 0 Å². The molecule has 0 bridgehead atoms. The molecule has 6 heteroatoms. The minimum atomic E-state index is -0.705. The SMILES string of the molecule is CN(C)CCC1(c2ccc(Cl)cc2)Cc2cc(Cl)ccc2C(=O)O1.Cl. The van der Waals surface area contributed by atoms with Gasteiger partial charge in [0.15, 0.2) is 0 Å². The molecule has 2 aromatic carbocycles. The van der Waals surface area contributed by atoms with Crippen molar-refractivity contribution in [2.45, 2.75) is 18.4 Å². The second kappa shape index (κ2) is 7.96. The van der Waals surface area contributed by atoms with Crippen molar-refractivity contribution in [3.8, 4) is 0 Å². The van der Waals surface area contributed by atoms with E-state index in [0.717, 1.165) is 17.7 Å². The van der Waals surface area contributed by atoms with Gasteiger partial charge in [0.05, 0.1) is 5.56 Å². The zero-order chi connectivity index (χ0) is 17.3. The maximum atomic E-state index is 12.6. The molecule has 0 aliphatic carbocycles. The van der Waals surface area contributed by atoms with Crippen LogP contribution in [0.1, 0.15) is 27.9 Å². The summed E-state index contributed by atoms with van der Waals surface area (Å²) in [4.78, 5) is 14.7. The zero-order valence-electron chi connectivity index (χ0n) is 14.1. The second-order valence-electron chi connectivity index (χ2n) is 6.42. The number of halogens is 3. The molecule has 1 unspecified atom stereocenters. The van der Waals surface area contributed by atoms with Crippen molar-refractivity contribution in [3.05, 3.63) is 69.2 Å². The third-order valence-corrected chi connectivity index (χ3v) is 4.87. The largest absolute Gasteiger partial charge is 0.450 e. The Kier molecular flexibility index (Phi) is 6.39. The highest BCUT2D eigenvalue weighted by atomic mass is 35.5. The van der Waals surface area contributed by atoms with E-state index in [1.165, 1.54) is 0 Å². The number of carbonyl (C=O) groups is 1. The summed E-state index contributed by atoms with van der Waals surface area (Å²) in [5.74, 6) is -0.304. The molecule has 134 valence electrons. The smallest absolute Gasteiger partial charge is 0.339 e. The van der Waals surface area contributed by atoms with Gasteiger partial charge < -0.3 is 9.64 Å². The van der Waals surface area contributed by atoms with Crippen molar-refractivity contribution in [1.82, 2.24) is 4.90 Å². The van der Waals surface area contributed by atoms with Crippen molar-refractivity contribution in [2.24, 2.45) is 0 Å². The first-order valence-corrected chi connectivity index (χ1v) is 8.58. The number of rotatable bonds is 4. The van der Waals surface area contributed by atoms with Gasteiger partial charge in [0.2, 0.25) is 0 Å². The average molecular weight is 401 g/mol. The van der Waals surface area contributed by atoms with E-state index in [1.54, 1.807) is 12.1 Å². The van der Waals surface area contributed by atoms with Gasteiger partial charge in [-0.3, -0.25) is 0 Å². The van der Waals surface area contributed by atoms with Gasteiger partial charge in [0.25, 0.3) is 0 Å². The number of esters is 1. The summed E-state index contributed by atoms with van der Waals surface area (Å²) in [5, 5.41) is 1.29. The first-order valence-electron chi connectivity index (χ1n) is 7.82. The number of hydrogen-bond donors (Lipinski definition) is 0. The molecule has 0 saturated carbocycles. The molecular weight excluding hydrogens is 381 g/mol. The molecule has 0 fully saturated rings. The van der Waals surface area contributed by atoms with Crippen LogP contribution in [0.5, 0.6) is 0 Å². The van der Waals surface area contributed by atoms with Gasteiger partial charge in [-0.25, -0.2) is 4.79 Å². The summed E-state index contributed by atoms with van der Waals surface area (Å²) in [6.07, 6.45) is 1.30. The predicted octanol–water partition coefficient (Wildman–Crippen LogP) is 4.98. The van der Waals surface area contributed by atoms with E-state index < -0.39 is 5.60 Å². The highest BCUT2D eigenvalue weighted by Gasteiger charge is 2.41. The molecule has 2 aromatic rings. The van der Waals surface area contributed by atoms with Crippen molar-refractivity contribution >= 4 is 41.6 Å². The third-order valence-electron chi connectivity index (χ3n) is 4.38. The Hall–Kier alpha value is -1.26. The van der Waals surface area contributed by atoms with E-state index in [9.17, 15) is 4.79 Å². The van der Waals surface area contributed by atoms with E-state index >= 15 is 0 Å². The Morgan fingerprint density at radius 1 is 1.08 bits per heavy atom. The number of benzene rings is 2. The monoisotopic (exact) mass is 399 g/mol. The lowest BCUT2D eigenvalue weighted by Crippen LogP contribution is -2.41. The van der Waals surface area contributed by atoms with Crippen LogP contribution >= 0.6 is 35.6 Å². The summed E-state index contributed by atoms with van der Waals surface area (Å²) in [6, 6.07) is 12.8. The predicted molar refractivity (Wildman–Crippen MR) is 104 cm³/mol. The Morgan fingerprint density at radius 3 is 2.36 bits per heavy atom. The fourth-order valence-corrected chi connectivity index (χ4v) is 3.41. The van der Waals surface area contributed by atoms with Gasteiger partial charge in [0.1, 0.15) is 5.60 Å². The molecule has 1 aliphatic heterocycles. The lowest BCUT2D eigenvalue weighted by atomic mass is 9.81. The zero-order valence-corrected chi connectivity index (χ0v) is 16.4. The number of cyclic esters (lactones) is 1. The summed E-state index contributed by atoms with van der Waals surface area (Å²) in [7, 11) is 4.01. The fraction of sp³-hybridized carbons (Fsp3) is 0.316. The molecule has 1 atom stereocenters. The summed E-state index contributed by atoms with van der Waals surface area (Å²) in [5.41, 5.74) is 1.76. The molecule has 3 nitrogen and oxygen atoms in total. The van der Waals surface area contributed by atoms with E-state index in [4.69, 9.17) is 27.9 Å². The number of hydrogen-bond acceptors (Lipinski definition) is 3. The molecule has 0 spiro atoms. The third kappa shape index (κ3) is 4.29. The standard InChI is InChI=1S/C19H19Cl2NO2.ClH/c1-22(2)10-9-19(14-3-5-15(20)6-4-14)12-13-11-16(21)7-8-17(13)18(23)24-19;/h3-8,11H,9-10,12H2,1-2H3;1H. The van der Waals surface area contributed by atoms with Crippen LogP contribution in [0.3, 0.4) is 0 Å². The van der Waals surface area contributed by atoms with Crippen LogP contribution in [0.4, 0.5) is 0 Å². The minimum absolute atomic E-state index is 0. The summed E-state index contributed by atoms with van der Waals surface area (Å²) < 4.78 is 5.96. The summed E-state index contributed by atoms with van der Waals surface area (Å²) >= 11 is 12.2. The average Bonchev–Trinajstić information content (AvgIpc) is 2.53. The highest BCUT2D eigenvalue weighted by molar-refractivity contribution is 6.31. The molecule has 1 aliphatic rings. The quantitative estimate of drug-likeness (QED) is 0.678. The molecule has 0 N–H and O–H groups in total. The lowest BCUT2D eigenvalue weighted by molar-refractivity contribution is -0.0355. The van der Waals surface area contributed by atoms with Gasteiger partial charge in [-0.05, 0) is 55.6 Å². The number of carbonyl (C=O) groups excluding carboxylic acids is 1. The maximum absolute atomic E-state index is 12.6. The normalized spacial score (nSPS) is 19.2. The van der Waals surface area contributed by atoms with Crippen molar-refractivity contribution in [3.63, 3.8) is 0 Å². The second-order valence-corrected chi connectivity index (χ2v) is 7.30. The molecule has 0 amide bonds. The van der Waals surface area contributed by atoms with Gasteiger partial charge in [-0.15, -0.1) is 12.4 Å². The van der Waals surface area contributed by atoms with Crippen LogP contribution in [0.2, 0.25) is 10.0 Å². The molecule has 0 saturated heterocycles. The molecule has 25 heavy (non-hydrogen) atoms. The molecular formula is C19H20Cl3NO2. The Morgan fingerprint density at radius 2 is 1.72 bits per heavy atom. The van der Waals surface area contributed by atoms with Gasteiger partial charge >= 0.3 is 5.97 Å². The first kappa shape index (κ1) is 20.1. The first-order chi connectivity index (χ1) is 11.4. The maximum Gasteiger partial charge on any atom is 0.339 e. The fourth-order valence-electron chi connectivity index (χ4n) is 3.09. The van der Waals surface area contributed by atoms with Crippen LogP contribution in [-0.2, 0) is 16.8 Å². The summed E-state index contributed by atoms with van der Waals surface area (Å²) in [6.45, 7) is 0.797. The Balaban J connectivity index is 0.00000225. The molecule has 1 heterocycles. The Bertz CT molecular complexity index is 762. The molecule has 0 radical (unpaired) electrons. The number of ether oxygens (including phenoxy) is 1. The minimum Gasteiger partial charge on any atom is -0.450 e. The van der Waals surface area contributed by atoms with Crippen LogP contribution in [0.15, 0.2) is 42.5 Å². The Labute approximate surface area is 164 Å². The van der Waals surface area contributed by atoms with Crippen LogP contribution < -0.4 is 0 Å². The van der Waals surface area contributed by atoms with Gasteiger partial charge in [-0.2, -0.15) is 0 Å².